The van der Waals surface area contributed by atoms with Crippen molar-refractivity contribution in [2.75, 3.05) is 20.2 Å². The number of amides is 7. The number of thiazole rings is 1. The van der Waals surface area contributed by atoms with E-state index in [9.17, 15) is 75.7 Å². The largest absolute Gasteiger partial charge is 0.508 e. The van der Waals surface area contributed by atoms with E-state index in [0.29, 0.717) is 5.69 Å². The minimum Gasteiger partial charge on any atom is -0.508 e. The highest BCUT2D eigenvalue weighted by molar-refractivity contribution is 7.20. The number of halogens is 2. The maximum atomic E-state index is 16.4. The van der Waals surface area contributed by atoms with E-state index in [1.165, 1.54) is 55.7 Å². The van der Waals surface area contributed by atoms with Gasteiger partial charge in [0.2, 0.25) is 53.4 Å². The molecule has 7 aromatic rings. The fraction of sp³-hybridized carbons (Fsp3) is 0.438. The molecule has 43 heteroatoms. The summed E-state index contributed by atoms with van der Waals surface area (Å²) in [7, 11) is 1.46. The van der Waals surface area contributed by atoms with Crippen molar-refractivity contribution in [3.63, 3.8) is 0 Å². The summed E-state index contributed by atoms with van der Waals surface area (Å²) < 4.78 is 51.2. The molecule has 660 valence electrons. The lowest BCUT2D eigenvalue weighted by molar-refractivity contribution is -0.350. The molecule has 0 spiro atoms. The number of nitrogens with two attached hydrogens (primary N) is 2. The fourth-order valence-corrected chi connectivity index (χ4v) is 17.3. The number of rotatable bonds is 20. The van der Waals surface area contributed by atoms with Crippen molar-refractivity contribution in [2.24, 2.45) is 17.4 Å². The summed E-state index contributed by atoms with van der Waals surface area (Å²) >= 11 is 17.4. The first-order valence-electron chi connectivity index (χ1n) is 38.7. The standard InChI is InChI=1S/C80H91Cl2N11O28S2/c1-29(2)15-41(85-5)70(106)92-58-60(99)32-9-12-45(39(81)17-32)115-47-19-34-20-48(67(47)120-79-65(104)63(102)68(50(27-94)118-79)121-78-64(103)62(101)61(100)49(117-78)26-86-25-35-28-123-76(87-35)51-7-6-14-122-51)116-46-13-10-33(18-40(46)82)66(119-53-24-80(4,84)69(105)30(3)114-53)59-75(111)91-57(77(112)113)38-21-36(95)22-44(97)54(38)37-16-31(8-11-43(37)96)55(72(108)93-59)90-73(109)56(34)89-71(107)42(23-52(83)98)88-74(58)110/h6-14,16-22,28-30,41-42,49-50,53,55-66,68-69,78-79,85-86,94-97,99-105H,15,23-27,84H2,1-5H3,(H2,83,98)(H,88,110)(H,89,107)(H,90,109)(H,91,111)(H,92,106)(H,93,108)(H,112,113)/t30-,41+,42-,49+,50+,53?,55+,56+,57+,58+,59-,60+,61-,62-,63+,64+,65+,66+,68+,69-,78-,79-,80-/m0/s1. The highest BCUT2D eigenvalue weighted by Gasteiger charge is 2.53. The maximum Gasteiger partial charge on any atom is 0.330 e. The number of carboxylic acids is 1. The van der Waals surface area contributed by atoms with Crippen LogP contribution in [0.5, 0.6) is 46.0 Å². The van der Waals surface area contributed by atoms with Crippen LogP contribution in [0.25, 0.3) is 21.0 Å². The minimum absolute atomic E-state index is 0.128. The number of aliphatic carboxylic acids is 1. The molecular formula is C80H91Cl2N11O28S2. The predicted octanol–water partition coefficient (Wildman–Crippen LogP) is 0.913. The summed E-state index contributed by atoms with van der Waals surface area (Å²) in [5, 5.41) is 164. The lowest BCUT2D eigenvalue weighted by Crippen LogP contribution is -2.65. The second-order valence-electron chi connectivity index (χ2n) is 31.1. The zero-order valence-corrected chi connectivity index (χ0v) is 69.1. The van der Waals surface area contributed by atoms with Gasteiger partial charge in [-0.05, 0) is 122 Å². The first-order chi connectivity index (χ1) is 58.4. The number of fused-ring (bicyclic) bond motifs is 15. The highest BCUT2D eigenvalue weighted by atomic mass is 35.5. The number of aromatic nitrogens is 1. The lowest BCUT2D eigenvalue weighted by Gasteiger charge is -2.46. The van der Waals surface area contributed by atoms with Crippen LogP contribution in [-0.2, 0) is 68.6 Å². The Labute approximate surface area is 717 Å². The van der Waals surface area contributed by atoms with Crippen LogP contribution in [0.4, 0.5) is 0 Å². The number of nitrogens with zero attached hydrogens (tertiary/aromatic N) is 1. The van der Waals surface area contributed by atoms with Crippen molar-refractivity contribution < 1.29 is 138 Å². The number of aromatic hydroxyl groups is 3. The lowest BCUT2D eigenvalue weighted by atomic mass is 9.86. The molecular weight excluding hydrogens is 1700 g/mol. The van der Waals surface area contributed by atoms with Crippen LogP contribution in [0.1, 0.15) is 111 Å². The van der Waals surface area contributed by atoms with Crippen molar-refractivity contribution in [3.05, 3.63) is 145 Å². The predicted molar refractivity (Wildman–Crippen MR) is 432 cm³/mol. The van der Waals surface area contributed by atoms with Crippen LogP contribution in [0.15, 0.2) is 102 Å². The number of hydrogen-bond acceptors (Lipinski definition) is 33. The molecule has 8 aliphatic rings. The van der Waals surface area contributed by atoms with E-state index in [-0.39, 0.29) is 48.5 Å². The van der Waals surface area contributed by atoms with Gasteiger partial charge in [0.1, 0.15) is 125 Å². The Morgan fingerprint density at radius 1 is 0.699 bits per heavy atom. The van der Waals surface area contributed by atoms with Gasteiger partial charge < -0.3 is 153 Å². The second kappa shape index (κ2) is 37.8. The normalized spacial score (nSPS) is 30.1. The number of primary amides is 1. The molecule has 39 nitrogen and oxygen atoms in total. The Morgan fingerprint density at radius 3 is 1.99 bits per heavy atom. The van der Waals surface area contributed by atoms with E-state index < -0.39 is 279 Å². The number of carbonyl (C=O) groups excluding carboxylic acids is 7. The van der Waals surface area contributed by atoms with Crippen LogP contribution in [-0.4, -0.2) is 243 Å². The number of aliphatic hydroxyl groups is 8. The van der Waals surface area contributed by atoms with Crippen LogP contribution in [0.2, 0.25) is 10.0 Å². The number of benzene rings is 5. The van der Waals surface area contributed by atoms with Crippen LogP contribution in [0, 0.1) is 5.92 Å². The van der Waals surface area contributed by atoms with E-state index in [0.717, 1.165) is 76.6 Å². The molecule has 3 saturated heterocycles. The van der Waals surface area contributed by atoms with E-state index in [2.05, 4.69) is 47.5 Å². The Bertz CT molecular complexity index is 5130. The van der Waals surface area contributed by atoms with Crippen molar-refractivity contribution >= 4 is 93.2 Å². The van der Waals surface area contributed by atoms with Gasteiger partial charge in [-0.25, -0.2) is 9.78 Å². The zero-order chi connectivity index (χ0) is 88.6. The summed E-state index contributed by atoms with van der Waals surface area (Å²) in [6.07, 6.45) is -29.0. The molecule has 1 unspecified atom stereocenters. The van der Waals surface area contributed by atoms with Gasteiger partial charge in [-0.2, -0.15) is 0 Å². The first-order valence-corrected chi connectivity index (χ1v) is 41.2. The molecule has 123 heavy (non-hydrogen) atoms. The molecule has 0 aliphatic carbocycles. The zero-order valence-electron chi connectivity index (χ0n) is 65.9. The maximum absolute atomic E-state index is 16.4. The third-order valence-electron chi connectivity index (χ3n) is 21.6. The summed E-state index contributed by atoms with van der Waals surface area (Å²) in [5.74, 6) is -16.6. The number of carbonyl (C=O) groups is 8. The summed E-state index contributed by atoms with van der Waals surface area (Å²) in [6.45, 7) is 5.40. The molecule has 23 atom stereocenters. The Kier molecular flexibility index (Phi) is 27.8. The van der Waals surface area contributed by atoms with Crippen LogP contribution >= 0.6 is 45.9 Å². The molecule has 7 amide bonds. The number of aliphatic hydroxyl groups excluding tert-OH is 8. The fourth-order valence-electron chi connectivity index (χ4n) is 15.2. The number of thiophene rings is 1. The number of ether oxygens (including phenoxy) is 8. The molecule has 5 aromatic carbocycles. The van der Waals surface area contributed by atoms with Crippen molar-refractivity contribution in [2.45, 2.75) is 193 Å². The molecule has 10 heterocycles. The number of phenolic OH excluding ortho intramolecular Hbond substituents is 3. The minimum atomic E-state index is -2.42. The Hall–Kier alpha value is -10.1. The van der Waals surface area contributed by atoms with Gasteiger partial charge in [-0.3, -0.25) is 33.6 Å². The average Bonchev–Trinajstić information content (AvgIpc) is 1.62. The monoisotopic (exact) mass is 1790 g/mol. The molecule has 15 rings (SSSR count). The molecule has 0 radical (unpaired) electrons. The van der Waals surface area contributed by atoms with E-state index >= 15 is 24.0 Å². The van der Waals surface area contributed by atoms with Gasteiger partial charge in [-0.15, -0.1) is 22.7 Å². The molecule has 2 aromatic heterocycles. The summed E-state index contributed by atoms with van der Waals surface area (Å²) in [5.41, 5.74) is 8.63. The first kappa shape index (κ1) is 90.7. The second-order valence-corrected chi connectivity index (χ2v) is 33.7. The number of nitrogens with one attached hydrogen (secondary N) is 8. The topological polar surface area (TPSA) is 614 Å². The van der Waals surface area contributed by atoms with E-state index in [1.807, 2.05) is 22.9 Å². The molecule has 8 aliphatic heterocycles. The van der Waals surface area contributed by atoms with Gasteiger partial charge in [0.15, 0.2) is 30.1 Å². The Balaban J connectivity index is 0.977. The van der Waals surface area contributed by atoms with Gasteiger partial charge >= 0.3 is 5.97 Å². The molecule has 3 fully saturated rings. The van der Waals surface area contributed by atoms with Crippen LogP contribution < -0.4 is 68.2 Å². The summed E-state index contributed by atoms with van der Waals surface area (Å²) in [4.78, 5) is 126. The molecule has 11 bridgehead atoms. The number of hydrogen-bond donors (Lipinski definition) is 22. The van der Waals surface area contributed by atoms with Crippen LogP contribution in [0.3, 0.4) is 0 Å². The summed E-state index contributed by atoms with van der Waals surface area (Å²) in [6, 6.07) is 2.81. The third-order valence-corrected chi connectivity index (χ3v) is 24.1. The smallest absolute Gasteiger partial charge is 0.330 e. The van der Waals surface area contributed by atoms with Crippen molar-refractivity contribution in [1.82, 2.24) is 47.5 Å². The number of likely N-dealkylation sites (N-methyl/N-ethyl adjacent to an activating group) is 1. The van der Waals surface area contributed by atoms with Crippen molar-refractivity contribution in [1.29, 1.82) is 0 Å². The Morgan fingerprint density at radius 2 is 1.35 bits per heavy atom. The molecule has 24 N–H and O–H groups in total. The van der Waals surface area contributed by atoms with E-state index in [1.54, 1.807) is 13.8 Å². The van der Waals surface area contributed by atoms with Gasteiger partial charge in [-0.1, -0.05) is 61.3 Å². The molecule has 0 saturated carbocycles. The third kappa shape index (κ3) is 19.7. The average molecular weight is 1790 g/mol. The number of phenols is 3. The SMILES string of the molecule is CN[C@H](CC(C)C)C(=O)N[C@H]1C(=O)N[C@@H](CC(N)=O)C(=O)N[C@H]2C(=O)N[C@H]3C(=O)N[C@H](C(=O)N[C@@H](C(=O)O)c4cc(O)cc(O)c4-c4cc3ccc4O)[C@H](OC3C[C@](C)(N)[C@@H](O)[C@H](C)O3)c3ccc(c(Cl)c3)Oc3cc2cc(c3O[C@@H]2O[C@H](CO)[C@@H](O[C@@H]3O[C@H](CNCc4csc(-c5cccs5)n4)[C@H](O)[C@H](O)[C@H]3O)[C@H](O)[C@H]2O)Oc2ccc(cc2Cl)[C@H]1O. The van der Waals surface area contributed by atoms with Gasteiger partial charge in [0.25, 0.3) is 0 Å². The van der Waals surface area contributed by atoms with Gasteiger partial charge in [0, 0.05) is 53.2 Å². The van der Waals surface area contributed by atoms with E-state index in [4.69, 9.17) is 72.6 Å². The highest BCUT2D eigenvalue weighted by Crippen LogP contribution is 2.50. The number of carboxylic acid groups (broad SMARTS) is 1. The van der Waals surface area contributed by atoms with Crippen molar-refractivity contribution in [3.8, 4) is 67.0 Å². The van der Waals surface area contributed by atoms with Gasteiger partial charge in [0.05, 0.1) is 51.9 Å². The quantitative estimate of drug-likeness (QED) is 0.0504.